The van der Waals surface area contributed by atoms with Crippen molar-refractivity contribution in [2.75, 3.05) is 11.5 Å². The van der Waals surface area contributed by atoms with Gasteiger partial charge in [-0.2, -0.15) is 0 Å². The number of anilines is 2. The molecule has 1 heterocycles. The Hall–Kier alpha value is -3.65. The fourth-order valence-corrected chi connectivity index (χ4v) is 3.89. The number of nitrogens with two attached hydrogens (primary N) is 2. The monoisotopic (exact) mass is 770 g/mol. The van der Waals surface area contributed by atoms with Crippen molar-refractivity contribution in [2.24, 2.45) is 0 Å². The summed E-state index contributed by atoms with van der Waals surface area (Å²) >= 11 is 11.8. The van der Waals surface area contributed by atoms with Crippen molar-refractivity contribution in [1.29, 1.82) is 0 Å². The zero-order valence-electron chi connectivity index (χ0n) is 28.2. The van der Waals surface area contributed by atoms with Crippen LogP contribution in [0.3, 0.4) is 0 Å². The molecule has 0 spiro atoms. The number of benzene rings is 4. The standard InChI is InChI=1S/C15H11BrN2.C9H7ClO.C6H7BrN2.4C2H6/c16-12-7-8-13-14(10-12)18-15(17-13)9-6-11-4-2-1-3-5-11;10-9(11)7-6-8-4-2-1-3-5-8;7-4-1-2-5(8)6(9)3-4;4*1-2/h1-10H,(H,17,18);1-7H;1-3H,8-9H2;4*1-2H3/b9-6+;7-6+;;;;;. The number of hydrogen-bond donors (Lipinski definition) is 3. The Morgan fingerprint density at radius 1 is 0.652 bits per heavy atom. The average Bonchev–Trinajstić information content (AvgIpc) is 3.52. The number of aromatic amines is 1. The molecule has 0 radical (unpaired) electrons. The fourth-order valence-electron chi connectivity index (χ4n) is 3.09. The molecule has 0 bridgehead atoms. The number of hydrogen-bond acceptors (Lipinski definition) is 4. The van der Waals surface area contributed by atoms with E-state index in [-0.39, 0.29) is 0 Å². The normalized spacial score (nSPS) is 9.28. The molecule has 0 aliphatic rings. The van der Waals surface area contributed by atoms with E-state index in [0.717, 1.165) is 31.4 Å². The van der Waals surface area contributed by atoms with E-state index in [1.54, 1.807) is 18.2 Å². The zero-order valence-corrected chi connectivity index (χ0v) is 32.1. The number of nitrogens with zero attached hydrogens (tertiary/aromatic N) is 1. The summed E-state index contributed by atoms with van der Waals surface area (Å²) < 4.78 is 2.01. The molecule has 5 rings (SSSR count). The van der Waals surface area contributed by atoms with Gasteiger partial charge in [0.05, 0.1) is 22.4 Å². The van der Waals surface area contributed by atoms with E-state index in [1.807, 2.05) is 140 Å². The van der Waals surface area contributed by atoms with Gasteiger partial charge in [-0.25, -0.2) is 4.98 Å². The van der Waals surface area contributed by atoms with Crippen molar-refractivity contribution in [3.63, 3.8) is 0 Å². The third-order valence-electron chi connectivity index (χ3n) is 4.95. The number of nitrogens with one attached hydrogen (secondary N) is 1. The molecule has 5 aromatic rings. The summed E-state index contributed by atoms with van der Waals surface area (Å²) in [7, 11) is 0. The molecule has 248 valence electrons. The van der Waals surface area contributed by atoms with Crippen molar-refractivity contribution in [3.05, 3.63) is 129 Å². The molecule has 1 aromatic heterocycles. The van der Waals surface area contributed by atoms with Crippen LogP contribution in [0.2, 0.25) is 0 Å². The molecule has 5 N–H and O–H groups in total. The van der Waals surface area contributed by atoms with Gasteiger partial charge in [0.15, 0.2) is 0 Å². The van der Waals surface area contributed by atoms with Crippen molar-refractivity contribution >= 4 is 89.3 Å². The van der Waals surface area contributed by atoms with Gasteiger partial charge < -0.3 is 16.5 Å². The first kappa shape index (κ1) is 44.5. The second-order valence-corrected chi connectivity index (χ2v) is 10.1. The van der Waals surface area contributed by atoms with E-state index < -0.39 is 5.24 Å². The molecule has 8 heteroatoms. The average molecular weight is 773 g/mol. The van der Waals surface area contributed by atoms with Gasteiger partial charge in [-0.15, -0.1) is 0 Å². The summed E-state index contributed by atoms with van der Waals surface area (Å²) in [5, 5.41) is -0.450. The molecule has 0 unspecified atom stereocenters. The van der Waals surface area contributed by atoms with Crippen molar-refractivity contribution in [1.82, 2.24) is 9.97 Å². The molecule has 0 aliphatic heterocycles. The largest absolute Gasteiger partial charge is 0.397 e. The van der Waals surface area contributed by atoms with Gasteiger partial charge in [-0.1, -0.05) is 160 Å². The Morgan fingerprint density at radius 2 is 1.13 bits per heavy atom. The minimum absolute atomic E-state index is 0.450. The maximum absolute atomic E-state index is 10.3. The topological polar surface area (TPSA) is 97.8 Å². The van der Waals surface area contributed by atoms with Crippen LogP contribution in [0.15, 0.2) is 112 Å². The molecule has 0 aliphatic carbocycles. The third-order valence-corrected chi connectivity index (χ3v) is 6.06. The maximum Gasteiger partial charge on any atom is 0.245 e. The van der Waals surface area contributed by atoms with Gasteiger partial charge in [-0.3, -0.25) is 4.79 Å². The van der Waals surface area contributed by atoms with Crippen LogP contribution < -0.4 is 11.5 Å². The van der Waals surface area contributed by atoms with Crippen molar-refractivity contribution in [3.8, 4) is 0 Å². The van der Waals surface area contributed by atoms with E-state index in [9.17, 15) is 4.79 Å². The first-order valence-electron chi connectivity index (χ1n) is 15.4. The number of carbonyl (C=O) groups is 1. The predicted octanol–water partition coefficient (Wildman–Crippen LogP) is 12.7. The first-order chi connectivity index (χ1) is 22.3. The van der Waals surface area contributed by atoms with E-state index >= 15 is 0 Å². The first-order valence-corrected chi connectivity index (χ1v) is 17.4. The van der Waals surface area contributed by atoms with Gasteiger partial charge in [0.1, 0.15) is 5.82 Å². The summed E-state index contributed by atoms with van der Waals surface area (Å²) in [5.74, 6) is 0.868. The van der Waals surface area contributed by atoms with Gasteiger partial charge in [-0.05, 0) is 71.3 Å². The Bertz CT molecular complexity index is 1540. The van der Waals surface area contributed by atoms with Crippen LogP contribution in [0.25, 0.3) is 29.3 Å². The minimum atomic E-state index is -0.450. The number of nitrogen functional groups attached to an aromatic ring is 2. The fraction of sp³-hybridized carbons (Fsp3) is 0.211. The predicted molar refractivity (Wildman–Crippen MR) is 214 cm³/mol. The van der Waals surface area contributed by atoms with E-state index in [2.05, 4.69) is 54.0 Å². The lowest BCUT2D eigenvalue weighted by Gasteiger charge is -1.97. The highest BCUT2D eigenvalue weighted by Crippen LogP contribution is 2.20. The second kappa shape index (κ2) is 28.8. The number of imidazole rings is 1. The molecule has 4 aromatic carbocycles. The Morgan fingerprint density at radius 3 is 1.61 bits per heavy atom. The van der Waals surface area contributed by atoms with Crippen LogP contribution in [0.5, 0.6) is 0 Å². The van der Waals surface area contributed by atoms with Crippen LogP contribution in [0.1, 0.15) is 72.3 Å². The van der Waals surface area contributed by atoms with Crippen molar-refractivity contribution in [2.45, 2.75) is 55.4 Å². The quantitative estimate of drug-likeness (QED) is 0.0962. The lowest BCUT2D eigenvalue weighted by Crippen LogP contribution is -1.92. The molecule has 0 saturated heterocycles. The van der Waals surface area contributed by atoms with Crippen LogP contribution in [0.4, 0.5) is 11.4 Å². The van der Waals surface area contributed by atoms with Gasteiger partial charge in [0.2, 0.25) is 5.24 Å². The number of halogens is 3. The number of fused-ring (bicyclic) bond motifs is 1. The Kier molecular flexibility index (Phi) is 27.8. The molecule has 0 fully saturated rings. The maximum atomic E-state index is 10.3. The van der Waals surface area contributed by atoms with Gasteiger partial charge >= 0.3 is 0 Å². The molecule has 0 atom stereocenters. The smallest absolute Gasteiger partial charge is 0.245 e. The highest BCUT2D eigenvalue weighted by molar-refractivity contribution is 9.10. The Balaban J connectivity index is 0. The highest BCUT2D eigenvalue weighted by atomic mass is 79.9. The number of allylic oxidation sites excluding steroid dienone is 1. The van der Waals surface area contributed by atoms with Crippen LogP contribution in [-0.4, -0.2) is 15.2 Å². The van der Waals surface area contributed by atoms with E-state index in [0.29, 0.717) is 11.4 Å². The van der Waals surface area contributed by atoms with Crippen molar-refractivity contribution < 1.29 is 4.79 Å². The van der Waals surface area contributed by atoms with Crippen LogP contribution in [0, 0.1) is 0 Å². The summed E-state index contributed by atoms with van der Waals surface area (Å²) in [6, 6.07) is 31.1. The number of H-pyrrole nitrogens is 1. The third kappa shape index (κ3) is 19.7. The summed E-state index contributed by atoms with van der Waals surface area (Å²) in [5.41, 5.74) is 16.3. The number of carbonyl (C=O) groups excluding carboxylic acids is 1. The summed E-state index contributed by atoms with van der Waals surface area (Å²) in [6.07, 6.45) is 7.04. The van der Waals surface area contributed by atoms with Crippen LogP contribution >= 0.6 is 43.5 Å². The number of aromatic nitrogens is 2. The highest BCUT2D eigenvalue weighted by Gasteiger charge is 2.00. The molecular formula is C38H49Br2ClN4O. The van der Waals surface area contributed by atoms with E-state index in [1.165, 1.54) is 11.6 Å². The zero-order chi connectivity index (χ0) is 35.3. The van der Waals surface area contributed by atoms with Gasteiger partial charge in [0.25, 0.3) is 0 Å². The molecule has 46 heavy (non-hydrogen) atoms. The van der Waals surface area contributed by atoms with Crippen LogP contribution in [-0.2, 0) is 4.79 Å². The molecular weight excluding hydrogens is 724 g/mol. The Labute approximate surface area is 298 Å². The minimum Gasteiger partial charge on any atom is -0.397 e. The second-order valence-electron chi connectivity index (χ2n) is 7.85. The molecule has 0 saturated carbocycles. The lowest BCUT2D eigenvalue weighted by molar-refractivity contribution is -0.107. The summed E-state index contributed by atoms with van der Waals surface area (Å²) in [4.78, 5) is 18.1. The summed E-state index contributed by atoms with van der Waals surface area (Å²) in [6.45, 7) is 16.0. The lowest BCUT2D eigenvalue weighted by atomic mass is 10.2. The van der Waals surface area contributed by atoms with E-state index in [4.69, 9.17) is 23.1 Å². The SMILES string of the molecule is Brc1ccc2nc(/C=C/c3ccccc3)[nH]c2c1.CC.CC.CC.CC.Nc1ccc(Br)cc1N.O=C(Cl)/C=C/c1ccccc1. The molecule has 0 amide bonds. The van der Waals surface area contributed by atoms with Gasteiger partial charge in [0, 0.05) is 8.95 Å². The number of rotatable bonds is 4. The molecule has 5 nitrogen and oxygen atoms in total.